The van der Waals surface area contributed by atoms with Gasteiger partial charge in [-0.15, -0.1) is 11.3 Å². The Hall–Kier alpha value is -1.35. The highest BCUT2D eigenvalue weighted by Gasteiger charge is 2.33. The molecule has 1 unspecified atom stereocenters. The summed E-state index contributed by atoms with van der Waals surface area (Å²) in [5.41, 5.74) is 5.03. The van der Waals surface area contributed by atoms with E-state index in [1.54, 1.807) is 0 Å². The predicted octanol–water partition coefficient (Wildman–Crippen LogP) is 1.74. The summed E-state index contributed by atoms with van der Waals surface area (Å²) >= 11 is 0.989. The van der Waals surface area contributed by atoms with Crippen molar-refractivity contribution in [3.63, 3.8) is 0 Å². The van der Waals surface area contributed by atoms with Gasteiger partial charge in [-0.05, 0) is 6.92 Å². The van der Waals surface area contributed by atoms with Crippen LogP contribution in [0.15, 0.2) is 10.4 Å². The number of hydrogen-bond acceptors (Lipinski definition) is 4. The molecule has 118 valence electrons. The summed E-state index contributed by atoms with van der Waals surface area (Å²) in [6.45, 7) is 4.22. The second-order valence-electron chi connectivity index (χ2n) is 4.74. The zero-order chi connectivity index (χ0) is 15.5. The predicted molar refractivity (Wildman–Crippen MR) is 74.3 cm³/mol. The van der Waals surface area contributed by atoms with E-state index in [1.807, 2.05) is 11.8 Å². The Bertz CT molecular complexity index is 503. The van der Waals surface area contributed by atoms with Crippen molar-refractivity contribution in [3.05, 3.63) is 16.1 Å². The van der Waals surface area contributed by atoms with Crippen molar-refractivity contribution in [1.82, 2.24) is 9.88 Å². The van der Waals surface area contributed by atoms with E-state index >= 15 is 0 Å². The van der Waals surface area contributed by atoms with Crippen molar-refractivity contribution in [2.75, 3.05) is 26.2 Å². The normalized spacial score (nSPS) is 20.9. The van der Waals surface area contributed by atoms with Crippen LogP contribution in [-0.2, 0) is 17.3 Å². The topological polar surface area (TPSA) is 63.7 Å². The van der Waals surface area contributed by atoms with Gasteiger partial charge >= 0.3 is 6.18 Å². The van der Waals surface area contributed by atoms with Crippen LogP contribution >= 0.6 is 11.3 Å². The molecule has 2 N–H and O–H groups in total. The first-order chi connectivity index (χ1) is 9.86. The van der Waals surface area contributed by atoms with E-state index in [-0.39, 0.29) is 6.10 Å². The molecule has 21 heavy (non-hydrogen) atoms. The largest absolute Gasteiger partial charge is 0.434 e. The molecule has 1 aliphatic heterocycles. The number of thiazole rings is 1. The van der Waals surface area contributed by atoms with Gasteiger partial charge in [0.15, 0.2) is 11.7 Å². The molecule has 0 radical (unpaired) electrons. The highest BCUT2D eigenvalue weighted by atomic mass is 32.1. The third-order valence-corrected chi connectivity index (χ3v) is 3.92. The number of nitrogens with zero attached hydrogens (tertiary/aromatic N) is 3. The van der Waals surface area contributed by atoms with Gasteiger partial charge in [-0.3, -0.25) is 4.99 Å². The molecule has 1 aromatic heterocycles. The van der Waals surface area contributed by atoms with Crippen LogP contribution in [0.4, 0.5) is 13.2 Å². The zero-order valence-corrected chi connectivity index (χ0v) is 12.4. The van der Waals surface area contributed by atoms with Gasteiger partial charge in [-0.2, -0.15) is 13.2 Å². The number of alkyl halides is 3. The number of nitrogens with two attached hydrogens (primary N) is 1. The molecule has 5 nitrogen and oxygen atoms in total. The number of aliphatic imine (C=N–C) groups is 1. The Kier molecular flexibility index (Phi) is 5.04. The number of rotatable bonds is 3. The lowest BCUT2D eigenvalue weighted by atomic mass is 10.3. The van der Waals surface area contributed by atoms with Gasteiger partial charge in [0.1, 0.15) is 0 Å². The van der Waals surface area contributed by atoms with Gasteiger partial charge < -0.3 is 15.4 Å². The number of halogens is 3. The van der Waals surface area contributed by atoms with E-state index in [4.69, 9.17) is 10.5 Å². The van der Waals surface area contributed by atoms with E-state index in [2.05, 4.69) is 9.98 Å². The maximum absolute atomic E-state index is 12.4. The van der Waals surface area contributed by atoms with Crippen molar-refractivity contribution >= 4 is 17.3 Å². The lowest BCUT2D eigenvalue weighted by molar-refractivity contribution is -0.140. The Labute approximate surface area is 124 Å². The number of hydrogen-bond donors (Lipinski definition) is 1. The number of ether oxygens (including phenoxy) is 1. The van der Waals surface area contributed by atoms with Gasteiger partial charge in [0.2, 0.25) is 0 Å². The van der Waals surface area contributed by atoms with Crippen LogP contribution in [0.3, 0.4) is 0 Å². The maximum atomic E-state index is 12.4. The second kappa shape index (κ2) is 6.61. The van der Waals surface area contributed by atoms with E-state index < -0.39 is 11.9 Å². The summed E-state index contributed by atoms with van der Waals surface area (Å²) in [6.07, 6.45) is -3.94. The van der Waals surface area contributed by atoms with Crippen molar-refractivity contribution in [1.29, 1.82) is 0 Å². The molecular weight excluding hydrogens is 305 g/mol. The molecule has 0 aromatic carbocycles. The summed E-state index contributed by atoms with van der Waals surface area (Å²) in [7, 11) is 0. The smallest absolute Gasteiger partial charge is 0.375 e. The van der Waals surface area contributed by atoms with Gasteiger partial charge in [0, 0.05) is 31.4 Å². The molecule has 1 aromatic rings. The minimum Gasteiger partial charge on any atom is -0.375 e. The Morgan fingerprint density at radius 2 is 2.38 bits per heavy atom. The molecule has 0 bridgehead atoms. The fourth-order valence-corrected chi connectivity index (χ4v) is 2.74. The van der Waals surface area contributed by atoms with Gasteiger partial charge in [0.05, 0.1) is 17.7 Å². The molecule has 0 aliphatic carbocycles. The van der Waals surface area contributed by atoms with Crippen LogP contribution in [0.2, 0.25) is 0 Å². The Balaban J connectivity index is 1.85. The van der Waals surface area contributed by atoms with Crippen LogP contribution in [0, 0.1) is 0 Å². The van der Waals surface area contributed by atoms with Crippen LogP contribution in [0.5, 0.6) is 0 Å². The lowest BCUT2D eigenvalue weighted by Gasteiger charge is -2.31. The average molecular weight is 322 g/mol. The Morgan fingerprint density at radius 3 is 3.00 bits per heavy atom. The van der Waals surface area contributed by atoms with Crippen molar-refractivity contribution < 1.29 is 17.9 Å². The molecule has 0 saturated carbocycles. The number of aromatic nitrogens is 1. The molecular formula is C12H17F3N4OS. The standard InChI is InChI=1S/C12H17F3N4OS/c1-8-6-19(4-5-20-8)11(16)17-3-2-10-18-9(7-21-10)12(13,14)15/h7-8H,2-6H2,1H3,(H2,16,17). The minimum atomic E-state index is -4.39. The maximum Gasteiger partial charge on any atom is 0.434 e. The molecule has 1 fully saturated rings. The molecule has 1 aliphatic rings. The molecule has 1 saturated heterocycles. The second-order valence-corrected chi connectivity index (χ2v) is 5.68. The quantitative estimate of drug-likeness (QED) is 0.680. The molecule has 1 atom stereocenters. The van der Waals surface area contributed by atoms with E-state index in [1.165, 1.54) is 0 Å². The van der Waals surface area contributed by atoms with E-state index in [9.17, 15) is 13.2 Å². The molecule has 2 heterocycles. The van der Waals surface area contributed by atoms with Crippen LogP contribution in [0.25, 0.3) is 0 Å². The Morgan fingerprint density at radius 1 is 1.62 bits per heavy atom. The van der Waals surface area contributed by atoms with Crippen molar-refractivity contribution in [2.45, 2.75) is 25.6 Å². The average Bonchev–Trinajstić information content (AvgIpc) is 2.87. The molecule has 2 rings (SSSR count). The van der Waals surface area contributed by atoms with Crippen LogP contribution in [0.1, 0.15) is 17.6 Å². The van der Waals surface area contributed by atoms with E-state index in [0.29, 0.717) is 43.6 Å². The van der Waals surface area contributed by atoms with Gasteiger partial charge in [-0.1, -0.05) is 0 Å². The summed E-state index contributed by atoms with van der Waals surface area (Å²) < 4.78 is 42.6. The summed E-state index contributed by atoms with van der Waals surface area (Å²) in [5.74, 6) is 0.401. The highest BCUT2D eigenvalue weighted by Crippen LogP contribution is 2.30. The highest BCUT2D eigenvalue weighted by molar-refractivity contribution is 7.09. The van der Waals surface area contributed by atoms with Gasteiger partial charge in [-0.25, -0.2) is 4.98 Å². The minimum absolute atomic E-state index is 0.0980. The van der Waals surface area contributed by atoms with Crippen molar-refractivity contribution in [2.24, 2.45) is 10.7 Å². The molecule has 0 amide bonds. The number of guanidine groups is 1. The van der Waals surface area contributed by atoms with E-state index in [0.717, 1.165) is 16.7 Å². The molecule has 0 spiro atoms. The number of morpholine rings is 1. The fraction of sp³-hybridized carbons (Fsp3) is 0.667. The first kappa shape index (κ1) is 16.0. The fourth-order valence-electron chi connectivity index (χ4n) is 1.95. The summed E-state index contributed by atoms with van der Waals surface area (Å²) in [5, 5.41) is 1.43. The zero-order valence-electron chi connectivity index (χ0n) is 11.6. The third-order valence-electron chi connectivity index (χ3n) is 3.01. The first-order valence-corrected chi connectivity index (χ1v) is 7.42. The van der Waals surface area contributed by atoms with Crippen LogP contribution in [-0.4, -0.2) is 48.2 Å². The summed E-state index contributed by atoms with van der Waals surface area (Å²) in [4.78, 5) is 9.67. The van der Waals surface area contributed by atoms with Gasteiger partial charge in [0.25, 0.3) is 0 Å². The lowest BCUT2D eigenvalue weighted by Crippen LogP contribution is -2.47. The SMILES string of the molecule is CC1CN(C(N)=NCCc2nc(C(F)(F)F)cs2)CCO1. The summed E-state index contributed by atoms with van der Waals surface area (Å²) in [6, 6.07) is 0. The van der Waals surface area contributed by atoms with Crippen molar-refractivity contribution in [3.8, 4) is 0 Å². The first-order valence-electron chi connectivity index (χ1n) is 6.54. The molecule has 9 heteroatoms. The van der Waals surface area contributed by atoms with Crippen LogP contribution < -0.4 is 5.73 Å². The monoisotopic (exact) mass is 322 g/mol. The third kappa shape index (κ3) is 4.57.